The van der Waals surface area contributed by atoms with E-state index in [1.54, 1.807) is 0 Å². The molecule has 3 unspecified atom stereocenters. The second kappa shape index (κ2) is 6.34. The van der Waals surface area contributed by atoms with Crippen molar-refractivity contribution in [3.05, 3.63) is 58.8 Å². The summed E-state index contributed by atoms with van der Waals surface area (Å²) in [6, 6.07) is 0.489. The van der Waals surface area contributed by atoms with Gasteiger partial charge in [-0.2, -0.15) is 0 Å². The molecule has 3 nitrogen and oxygen atoms in total. The molecule has 2 aliphatic carbocycles. The molecule has 0 saturated carbocycles. The van der Waals surface area contributed by atoms with E-state index < -0.39 is 0 Å². The number of allylic oxidation sites excluding steroid dienone is 8. The van der Waals surface area contributed by atoms with E-state index in [2.05, 4.69) is 60.4 Å². The lowest BCUT2D eigenvalue weighted by atomic mass is 9.96. The highest BCUT2D eigenvalue weighted by Crippen LogP contribution is 2.41. The normalized spacial score (nSPS) is 33.7. The molecule has 2 heterocycles. The molecule has 2 fully saturated rings. The van der Waals surface area contributed by atoms with Crippen molar-refractivity contribution in [2.75, 3.05) is 20.0 Å². The van der Waals surface area contributed by atoms with E-state index in [1.165, 1.54) is 10.6 Å². The highest BCUT2D eigenvalue weighted by Gasteiger charge is 2.31. The van der Waals surface area contributed by atoms with Crippen molar-refractivity contribution in [3.8, 4) is 0 Å². The fraction of sp³-hybridized carbons (Fsp3) is 0.400. The highest BCUT2D eigenvalue weighted by atomic mass is 32.2. The van der Waals surface area contributed by atoms with Gasteiger partial charge in [0.15, 0.2) is 5.78 Å². The number of carbonyl (C=O) groups is 1. The molecule has 0 aromatic rings. The molecular formula is C20H24N2OS. The van der Waals surface area contributed by atoms with E-state index in [9.17, 15) is 4.79 Å². The highest BCUT2D eigenvalue weighted by molar-refractivity contribution is 8.19. The zero-order chi connectivity index (χ0) is 16.7. The molecule has 24 heavy (non-hydrogen) atoms. The van der Waals surface area contributed by atoms with Gasteiger partial charge in [-0.25, -0.2) is 0 Å². The molecule has 0 amide bonds. The summed E-state index contributed by atoms with van der Waals surface area (Å²) >= 11 is 0. The molecule has 0 N–H and O–H groups in total. The number of hydrogen-bond acceptors (Lipinski definition) is 3. The molecule has 0 bridgehead atoms. The Hall–Kier alpha value is -1.65. The molecule has 4 rings (SSSR count). The van der Waals surface area contributed by atoms with Crippen LogP contribution in [0.1, 0.15) is 19.3 Å². The van der Waals surface area contributed by atoms with Crippen molar-refractivity contribution in [2.24, 2.45) is 5.92 Å². The van der Waals surface area contributed by atoms with Crippen LogP contribution in [0.4, 0.5) is 0 Å². The van der Waals surface area contributed by atoms with Gasteiger partial charge in [-0.1, -0.05) is 30.4 Å². The van der Waals surface area contributed by atoms with Crippen LogP contribution in [-0.2, 0) is 4.79 Å². The van der Waals surface area contributed by atoms with Crippen molar-refractivity contribution in [3.63, 3.8) is 0 Å². The maximum Gasteiger partial charge on any atom is 0.186 e. The Morgan fingerprint density at radius 1 is 1.21 bits per heavy atom. The van der Waals surface area contributed by atoms with E-state index in [0.717, 1.165) is 30.8 Å². The Bertz CT molecular complexity index is 754. The summed E-state index contributed by atoms with van der Waals surface area (Å²) in [6.07, 6.45) is 18.1. The Balaban J connectivity index is 1.55. The van der Waals surface area contributed by atoms with Gasteiger partial charge >= 0.3 is 0 Å². The summed E-state index contributed by atoms with van der Waals surface area (Å²) in [5.41, 5.74) is 2.50. The number of likely N-dealkylation sites (N-methyl/N-ethyl adjacent to an activating group) is 1. The lowest BCUT2D eigenvalue weighted by Gasteiger charge is -2.19. The van der Waals surface area contributed by atoms with Crippen molar-refractivity contribution in [1.29, 1.82) is 0 Å². The predicted molar refractivity (Wildman–Crippen MR) is 103 cm³/mol. The zero-order valence-corrected chi connectivity index (χ0v) is 15.1. The van der Waals surface area contributed by atoms with Crippen LogP contribution in [0.15, 0.2) is 58.8 Å². The maximum atomic E-state index is 12.6. The quantitative estimate of drug-likeness (QED) is 0.568. The van der Waals surface area contributed by atoms with Crippen LogP contribution in [0.3, 0.4) is 0 Å². The standard InChI is InChI=1S/C20H24N2OS/c1-21-14-24(20-10-6-5-9-19(20)21)13-17(23)12-16-11-15-7-3-4-8-18(15)22(16)2/h3-6,8,10,12-13,15,19H,7,9,11,14H2,1-2H3. The minimum Gasteiger partial charge on any atom is -0.351 e. The Morgan fingerprint density at radius 3 is 2.83 bits per heavy atom. The van der Waals surface area contributed by atoms with Crippen molar-refractivity contribution >= 4 is 21.6 Å². The molecule has 4 aliphatic rings. The topological polar surface area (TPSA) is 23.6 Å². The number of rotatable bonds is 2. The third-order valence-electron chi connectivity index (χ3n) is 5.34. The van der Waals surface area contributed by atoms with Crippen molar-refractivity contribution in [2.45, 2.75) is 25.3 Å². The van der Waals surface area contributed by atoms with Crippen LogP contribution >= 0.6 is 10.5 Å². The maximum absolute atomic E-state index is 12.6. The third-order valence-corrected chi connectivity index (χ3v) is 7.56. The lowest BCUT2D eigenvalue weighted by Crippen LogP contribution is -2.25. The fourth-order valence-electron chi connectivity index (χ4n) is 4.04. The number of nitrogens with zero attached hydrogens (tertiary/aromatic N) is 2. The third kappa shape index (κ3) is 2.78. The van der Waals surface area contributed by atoms with Gasteiger partial charge in [0, 0.05) is 47.7 Å². The van der Waals surface area contributed by atoms with Crippen LogP contribution in [0, 0.1) is 5.92 Å². The van der Waals surface area contributed by atoms with Crippen LogP contribution in [0.2, 0.25) is 0 Å². The number of hydrogen-bond donors (Lipinski definition) is 0. The average Bonchev–Trinajstić information content (AvgIpc) is 3.06. The molecule has 0 spiro atoms. The minimum absolute atomic E-state index is 0.0528. The number of ketones is 1. The van der Waals surface area contributed by atoms with Gasteiger partial charge in [0.25, 0.3) is 0 Å². The second-order valence-corrected chi connectivity index (χ2v) is 8.76. The Kier molecular flexibility index (Phi) is 4.19. The molecule has 4 heteroatoms. The summed E-state index contributed by atoms with van der Waals surface area (Å²) in [7, 11) is 4.19. The molecule has 0 radical (unpaired) electrons. The van der Waals surface area contributed by atoms with Gasteiger partial charge < -0.3 is 4.90 Å². The minimum atomic E-state index is -0.0528. The van der Waals surface area contributed by atoms with Crippen LogP contribution in [0.5, 0.6) is 0 Å². The van der Waals surface area contributed by atoms with Gasteiger partial charge in [0.2, 0.25) is 0 Å². The Morgan fingerprint density at radius 2 is 2.00 bits per heavy atom. The molecule has 126 valence electrons. The molecule has 0 aromatic carbocycles. The van der Waals surface area contributed by atoms with Crippen LogP contribution in [0.25, 0.3) is 0 Å². The van der Waals surface area contributed by atoms with E-state index in [-0.39, 0.29) is 16.3 Å². The largest absolute Gasteiger partial charge is 0.351 e. The zero-order valence-electron chi connectivity index (χ0n) is 14.3. The van der Waals surface area contributed by atoms with Crippen molar-refractivity contribution in [1.82, 2.24) is 9.80 Å². The summed E-state index contributed by atoms with van der Waals surface area (Å²) in [5, 5.41) is 1.96. The number of fused-ring (bicyclic) bond motifs is 2. The van der Waals surface area contributed by atoms with E-state index in [1.807, 2.05) is 11.4 Å². The van der Waals surface area contributed by atoms with Gasteiger partial charge in [-0.15, -0.1) is 10.5 Å². The summed E-state index contributed by atoms with van der Waals surface area (Å²) in [5.74, 6) is 1.69. The Labute approximate surface area is 146 Å². The first-order valence-corrected chi connectivity index (χ1v) is 10.1. The number of carbonyl (C=O) groups excluding carboxylic acids is 1. The first-order chi connectivity index (χ1) is 11.6. The number of likely N-dealkylation sites (tertiary alicyclic amines) is 1. The monoisotopic (exact) mass is 340 g/mol. The molecule has 3 atom stereocenters. The van der Waals surface area contributed by atoms with E-state index in [4.69, 9.17) is 0 Å². The molecular weight excluding hydrogens is 316 g/mol. The van der Waals surface area contributed by atoms with Gasteiger partial charge in [-0.05, 0) is 37.3 Å². The summed E-state index contributed by atoms with van der Waals surface area (Å²) in [6.45, 7) is 0. The van der Waals surface area contributed by atoms with Gasteiger partial charge in [-0.3, -0.25) is 9.69 Å². The fourth-order valence-corrected chi connectivity index (χ4v) is 6.24. The predicted octanol–water partition coefficient (Wildman–Crippen LogP) is 3.42. The molecule has 2 aliphatic heterocycles. The van der Waals surface area contributed by atoms with Crippen molar-refractivity contribution < 1.29 is 4.79 Å². The smallest absolute Gasteiger partial charge is 0.186 e. The van der Waals surface area contributed by atoms with Crippen LogP contribution in [-0.4, -0.2) is 47.0 Å². The molecule has 0 aromatic heterocycles. The second-order valence-electron chi connectivity index (χ2n) is 6.93. The summed E-state index contributed by atoms with van der Waals surface area (Å²) < 4.78 is 0. The molecule has 2 saturated heterocycles. The lowest BCUT2D eigenvalue weighted by molar-refractivity contribution is -0.108. The first kappa shape index (κ1) is 15.9. The van der Waals surface area contributed by atoms with Gasteiger partial charge in [0.1, 0.15) is 0 Å². The van der Waals surface area contributed by atoms with Crippen LogP contribution < -0.4 is 0 Å². The van der Waals surface area contributed by atoms with E-state index in [0.29, 0.717) is 12.0 Å². The first-order valence-electron chi connectivity index (χ1n) is 8.60. The van der Waals surface area contributed by atoms with E-state index >= 15 is 0 Å². The van der Waals surface area contributed by atoms with Gasteiger partial charge in [0.05, 0.1) is 0 Å². The summed E-state index contributed by atoms with van der Waals surface area (Å²) in [4.78, 5) is 18.6. The SMILES string of the molecule is CN1C(=CC(=O)C=S2CN(C)C3CC=CC=C32)CC2CC=CC=C21. The average molecular weight is 340 g/mol.